The molecule has 11 fully saturated rings. The Morgan fingerprint density at radius 2 is 1.07 bits per heavy atom. The van der Waals surface area contributed by atoms with E-state index >= 15 is 0 Å². The minimum atomic E-state index is -1.43. The second-order valence-corrected chi connectivity index (χ2v) is 23.5. The summed E-state index contributed by atoms with van der Waals surface area (Å²) in [5, 5.41) is 18.2. The minimum absolute atomic E-state index is 0. The molecular formula is C65H112O23. The van der Waals surface area contributed by atoms with Crippen LogP contribution in [0.25, 0.3) is 0 Å². The average Bonchev–Trinajstić information content (AvgIpc) is 4.24. The van der Waals surface area contributed by atoms with Gasteiger partial charge in [-0.25, -0.2) is 0 Å². The van der Waals surface area contributed by atoms with Gasteiger partial charge >= 0.3 is 53.7 Å². The van der Waals surface area contributed by atoms with Crippen molar-refractivity contribution in [3.63, 3.8) is 0 Å². The van der Waals surface area contributed by atoms with Crippen molar-refractivity contribution < 1.29 is 110 Å². The van der Waals surface area contributed by atoms with Gasteiger partial charge in [0.05, 0.1) is 99.7 Å². The van der Waals surface area contributed by atoms with Crippen molar-refractivity contribution in [3.8, 4) is 0 Å². The van der Waals surface area contributed by atoms with Crippen molar-refractivity contribution in [2.75, 3.05) is 53.4 Å². The smallest absolute Gasteiger partial charge is 0.312 e. The molecule has 11 aliphatic rings. The Morgan fingerprint density at radius 3 is 1.34 bits per heavy atom. The number of allylic oxidation sites excluding steroid dienone is 1. The van der Waals surface area contributed by atoms with Gasteiger partial charge in [-0.3, -0.25) is 43.2 Å². The van der Waals surface area contributed by atoms with Crippen molar-refractivity contribution >= 4 is 53.7 Å². The molecule has 0 aromatic heterocycles. The predicted molar refractivity (Wildman–Crippen MR) is 327 cm³/mol. The molecule has 11 saturated heterocycles. The van der Waals surface area contributed by atoms with E-state index in [4.69, 9.17) is 47.7 Å². The van der Waals surface area contributed by atoms with Crippen LogP contribution >= 0.6 is 0 Å². The lowest BCUT2D eigenvalue weighted by molar-refractivity contribution is -0.172. The zero-order chi connectivity index (χ0) is 64.8. The molecule has 23 nitrogen and oxygen atoms in total. The molecule has 11 aliphatic heterocycles. The summed E-state index contributed by atoms with van der Waals surface area (Å²) in [6.07, 6.45) is 16.3. The number of esters is 8. The summed E-state index contributed by atoms with van der Waals surface area (Å²) in [5.41, 5.74) is -0.201. The molecule has 11 rings (SSSR count). The Labute approximate surface area is 524 Å². The molecule has 0 aromatic carbocycles. The molecule has 0 spiro atoms. The maximum absolute atomic E-state index is 10.9. The van der Waals surface area contributed by atoms with Gasteiger partial charge in [0.2, 0.25) is 0 Å². The average molecular weight is 1260 g/mol. The van der Waals surface area contributed by atoms with Crippen LogP contribution in [0.5, 0.6) is 0 Å². The van der Waals surface area contributed by atoms with Crippen LogP contribution in [-0.2, 0) is 100.0 Å². The van der Waals surface area contributed by atoms with Crippen LogP contribution in [-0.4, -0.2) is 160 Å². The summed E-state index contributed by atoms with van der Waals surface area (Å²) in [7, 11) is 1.69. The van der Waals surface area contributed by atoms with Gasteiger partial charge in [0.25, 0.3) is 0 Å². The number of aliphatic hydroxyl groups is 1. The molecule has 2 N–H and O–H groups in total. The number of carbonyl (C=O) groups excluding carboxylic acids is 8. The number of hydrogen-bond acceptors (Lipinski definition) is 22. The maximum Gasteiger partial charge on any atom is 0.312 e. The lowest BCUT2D eigenvalue weighted by atomic mass is 9.87. The highest BCUT2D eigenvalue weighted by atomic mass is 16.7. The van der Waals surface area contributed by atoms with Crippen LogP contribution in [0.3, 0.4) is 0 Å². The lowest BCUT2D eigenvalue weighted by Crippen LogP contribution is -2.43. The molecular weight excluding hydrogens is 1150 g/mol. The minimum Gasteiger partial charge on any atom is -0.499 e. The molecule has 510 valence electrons. The molecule has 0 aromatic rings. The zero-order valence-electron chi connectivity index (χ0n) is 53.3. The molecule has 12 atom stereocenters. The fourth-order valence-corrected chi connectivity index (χ4v) is 8.72. The highest BCUT2D eigenvalue weighted by molar-refractivity contribution is 5.77. The maximum atomic E-state index is 10.9. The summed E-state index contributed by atoms with van der Waals surface area (Å²) < 4.78 is 57.9. The van der Waals surface area contributed by atoms with Gasteiger partial charge in [0.15, 0.2) is 6.29 Å². The van der Waals surface area contributed by atoms with Crippen LogP contribution in [0.15, 0.2) is 24.5 Å². The summed E-state index contributed by atoms with van der Waals surface area (Å²) in [4.78, 5) is 93.2. The molecule has 23 heteroatoms. The number of hydrogen-bond donors (Lipinski definition) is 2. The fraction of sp³-hybridized carbons (Fsp3) is 0.800. The van der Waals surface area contributed by atoms with E-state index in [1.807, 2.05) is 41.5 Å². The van der Waals surface area contributed by atoms with E-state index in [2.05, 4.69) is 48.1 Å². The van der Waals surface area contributed by atoms with Crippen LogP contribution in [0, 0.1) is 29.6 Å². The largest absolute Gasteiger partial charge is 0.499 e. The van der Waals surface area contributed by atoms with E-state index in [1.165, 1.54) is 24.8 Å². The van der Waals surface area contributed by atoms with Crippen molar-refractivity contribution in [1.29, 1.82) is 0 Å². The first kappa shape index (κ1) is 84.4. The van der Waals surface area contributed by atoms with E-state index in [0.29, 0.717) is 64.1 Å². The number of aliphatic carboxylic acids is 1. The Kier molecular flexibility index (Phi) is 45.4. The Bertz CT molecular complexity index is 2020. The van der Waals surface area contributed by atoms with Gasteiger partial charge in [0.1, 0.15) is 18.8 Å². The molecule has 0 aliphatic carbocycles. The highest BCUT2D eigenvalue weighted by Crippen LogP contribution is 2.29. The molecule has 0 amide bonds. The van der Waals surface area contributed by atoms with Gasteiger partial charge in [-0.2, -0.15) is 0 Å². The van der Waals surface area contributed by atoms with Gasteiger partial charge in [0, 0.05) is 45.8 Å². The van der Waals surface area contributed by atoms with E-state index in [0.717, 1.165) is 95.7 Å². The Morgan fingerprint density at radius 1 is 0.500 bits per heavy atom. The molecule has 88 heavy (non-hydrogen) atoms. The molecule has 0 saturated carbocycles. The van der Waals surface area contributed by atoms with Crippen molar-refractivity contribution in [1.82, 2.24) is 0 Å². The topological polar surface area (TPSA) is 305 Å². The number of carboxylic acid groups (broad SMARTS) is 1. The predicted octanol–water partition coefficient (Wildman–Crippen LogP) is 10.5. The molecule has 12 unspecified atom stereocenters. The number of methoxy groups -OCH3 is 1. The third-order valence-corrected chi connectivity index (χ3v) is 14.1. The second-order valence-electron chi connectivity index (χ2n) is 23.5. The Hall–Kier alpha value is -5.65. The monoisotopic (exact) mass is 1260 g/mol. The van der Waals surface area contributed by atoms with Crippen molar-refractivity contribution in [2.45, 2.75) is 255 Å². The summed E-state index contributed by atoms with van der Waals surface area (Å²) >= 11 is 0. The molecule has 0 radical (unpaired) electrons. The first-order chi connectivity index (χ1) is 40.5. The normalized spacial score (nSPS) is 30.2. The number of carboxylic acids is 1. The number of cyclic esters (lactones) is 8. The third kappa shape index (κ3) is 42.3. The zero-order valence-corrected chi connectivity index (χ0v) is 53.3. The molecule has 0 bridgehead atoms. The van der Waals surface area contributed by atoms with Crippen molar-refractivity contribution in [3.05, 3.63) is 24.5 Å². The fourth-order valence-electron chi connectivity index (χ4n) is 8.72. The standard InChI is InChI=1S/C8H12O5.C7H12O.C6H10O2.C6H12O2.2C6H10O2.C6H10O.2C5H8O2.2C4H6O2.2CH4/c1-5-2-8(12,3-6(9)10)4-7(11)13-5;1-6-3-4-8-7(2)5-6;1-5-2-3-6(7)8-4-5;1-7-6-4-2-3-5-8-6;1-5-3-2-4-8-6(5)7;1-5-3-2-4-6(7)8-5;1-5-3-6(2)7-4-5;1-4-2-3-7-5(4)6;1-4-2-3-5(6)7-4;1-3-2-6-4(3)5;1-3-2-4(5)6-3;;/h5,12H,2-4H2,1H3,(H,9,10);6H,2-5H2,1H3;5H,2-4H2,1H3;6H,2-5H2,1H3;2*5H,2-4H2,1H3;6H,1,3-4H2,2H3;2*4H,2-3H2,1H3;2*3H,2H2,1H3;2*1H4. The third-order valence-electron chi connectivity index (χ3n) is 14.1. The SMILES string of the molecule is C.C.C=C1CC(C)CCO1.C=C1COC(C)C1.CC1CC(=O)O1.CC1CC(O)(CC(=O)O)CC(=O)O1.CC1CCC(=O)O1.CC1CCC(=O)OC1.CC1CCCC(=O)O1.CC1CCCOC1=O.CC1CCOC1=O.CC1COC1=O.COC1CCCCO1. The molecule has 11 heterocycles. The van der Waals surface area contributed by atoms with E-state index in [1.54, 1.807) is 14.0 Å². The summed E-state index contributed by atoms with van der Waals surface area (Å²) in [5.74, 6) is 0.821. The van der Waals surface area contributed by atoms with E-state index in [-0.39, 0.29) is 112 Å². The van der Waals surface area contributed by atoms with Gasteiger partial charge in [-0.15, -0.1) is 0 Å². The Balaban J connectivity index is 0. The quantitative estimate of drug-likeness (QED) is 0.151. The number of rotatable bonds is 3. The second kappa shape index (κ2) is 47.3. The first-order valence-electron chi connectivity index (χ1n) is 30.6. The van der Waals surface area contributed by atoms with E-state index < -0.39 is 30.1 Å². The summed E-state index contributed by atoms with van der Waals surface area (Å²) in [6, 6.07) is 0. The van der Waals surface area contributed by atoms with Crippen LogP contribution in [0.1, 0.15) is 213 Å². The van der Waals surface area contributed by atoms with Crippen LogP contribution in [0.4, 0.5) is 0 Å². The van der Waals surface area contributed by atoms with E-state index in [9.17, 15) is 48.3 Å². The highest BCUT2D eigenvalue weighted by Gasteiger charge is 2.40. The van der Waals surface area contributed by atoms with Crippen LogP contribution in [0.2, 0.25) is 0 Å². The number of ether oxygens (including phenoxy) is 12. The van der Waals surface area contributed by atoms with Gasteiger partial charge in [-0.1, -0.05) is 55.7 Å². The first-order valence-corrected chi connectivity index (χ1v) is 30.6. The van der Waals surface area contributed by atoms with Crippen LogP contribution < -0.4 is 0 Å². The summed E-state index contributed by atoms with van der Waals surface area (Å²) in [6.45, 7) is 31.9. The number of carbonyl (C=O) groups is 9. The van der Waals surface area contributed by atoms with Gasteiger partial charge in [-0.05, 0) is 136 Å². The lowest BCUT2D eigenvalue weighted by Gasteiger charge is -2.33. The van der Waals surface area contributed by atoms with Crippen molar-refractivity contribution in [2.24, 2.45) is 29.6 Å². The van der Waals surface area contributed by atoms with Gasteiger partial charge < -0.3 is 67.1 Å².